The van der Waals surface area contributed by atoms with Crippen LogP contribution >= 0.6 is 23.2 Å². The SMILES string of the molecule is COc1ccc(Cl)cc1S(=O)(=O)NCC(C)NS(=O)(=O)c1cc(Cl)ccc1OC. The van der Waals surface area contributed by atoms with Gasteiger partial charge in [0, 0.05) is 22.6 Å². The molecule has 2 aromatic rings. The highest BCUT2D eigenvalue weighted by Crippen LogP contribution is 2.28. The number of hydrogen-bond donors (Lipinski definition) is 2. The molecule has 12 heteroatoms. The van der Waals surface area contributed by atoms with Crippen molar-refractivity contribution in [3.63, 3.8) is 0 Å². The summed E-state index contributed by atoms with van der Waals surface area (Å²) in [4.78, 5) is -0.308. The van der Waals surface area contributed by atoms with Crippen molar-refractivity contribution in [1.82, 2.24) is 9.44 Å². The molecule has 0 spiro atoms. The molecular weight excluding hydrogens is 463 g/mol. The average Bonchev–Trinajstić information content (AvgIpc) is 2.66. The van der Waals surface area contributed by atoms with E-state index < -0.39 is 26.1 Å². The Balaban J connectivity index is 2.16. The normalized spacial score (nSPS) is 13.1. The van der Waals surface area contributed by atoms with Crippen LogP contribution < -0.4 is 18.9 Å². The van der Waals surface area contributed by atoms with Gasteiger partial charge < -0.3 is 9.47 Å². The molecule has 0 bridgehead atoms. The van der Waals surface area contributed by atoms with E-state index in [1.54, 1.807) is 0 Å². The molecule has 2 aromatic carbocycles. The molecule has 0 amide bonds. The van der Waals surface area contributed by atoms with Gasteiger partial charge >= 0.3 is 0 Å². The van der Waals surface area contributed by atoms with Crippen LogP contribution in [0, 0.1) is 0 Å². The Morgan fingerprint density at radius 2 is 1.31 bits per heavy atom. The van der Waals surface area contributed by atoms with Crippen LogP contribution in [0.1, 0.15) is 6.92 Å². The Bertz CT molecular complexity index is 1090. The zero-order valence-electron chi connectivity index (χ0n) is 15.8. The highest BCUT2D eigenvalue weighted by molar-refractivity contribution is 7.90. The molecule has 1 atom stereocenters. The van der Waals surface area contributed by atoms with E-state index in [-0.39, 0.29) is 37.9 Å². The molecule has 2 N–H and O–H groups in total. The minimum Gasteiger partial charge on any atom is -0.495 e. The summed E-state index contributed by atoms with van der Waals surface area (Å²) in [7, 11) is -5.35. The topological polar surface area (TPSA) is 111 Å². The van der Waals surface area contributed by atoms with E-state index in [9.17, 15) is 16.8 Å². The van der Waals surface area contributed by atoms with E-state index >= 15 is 0 Å². The van der Waals surface area contributed by atoms with Crippen molar-refractivity contribution in [2.45, 2.75) is 22.8 Å². The third-order valence-electron chi connectivity index (χ3n) is 3.77. The monoisotopic (exact) mass is 482 g/mol. The van der Waals surface area contributed by atoms with E-state index in [0.29, 0.717) is 0 Å². The van der Waals surface area contributed by atoms with Crippen LogP contribution in [0.25, 0.3) is 0 Å². The Kier molecular flexibility index (Phi) is 7.77. The van der Waals surface area contributed by atoms with Gasteiger partial charge in [-0.1, -0.05) is 23.2 Å². The zero-order valence-corrected chi connectivity index (χ0v) is 18.9. The number of rotatable bonds is 9. The fourth-order valence-electron chi connectivity index (χ4n) is 2.40. The van der Waals surface area contributed by atoms with Gasteiger partial charge in [0.2, 0.25) is 20.0 Å². The first-order chi connectivity index (χ1) is 13.5. The van der Waals surface area contributed by atoms with Crippen LogP contribution in [0.2, 0.25) is 10.0 Å². The number of sulfonamides is 2. The van der Waals surface area contributed by atoms with E-state index in [1.807, 2.05) is 0 Å². The summed E-state index contributed by atoms with van der Waals surface area (Å²) in [6, 6.07) is 7.54. The molecule has 0 aliphatic carbocycles. The summed E-state index contributed by atoms with van der Waals surface area (Å²) in [6.45, 7) is 1.28. The average molecular weight is 483 g/mol. The highest BCUT2D eigenvalue weighted by atomic mass is 35.5. The van der Waals surface area contributed by atoms with Crippen molar-refractivity contribution >= 4 is 43.2 Å². The van der Waals surface area contributed by atoms with Gasteiger partial charge in [-0.05, 0) is 43.3 Å². The first kappa shape index (κ1) is 23.7. The van der Waals surface area contributed by atoms with Crippen LogP contribution in [0.15, 0.2) is 46.2 Å². The fraction of sp³-hybridized carbons (Fsp3) is 0.294. The number of methoxy groups -OCH3 is 2. The lowest BCUT2D eigenvalue weighted by Crippen LogP contribution is -2.41. The van der Waals surface area contributed by atoms with Crippen LogP contribution in [0.5, 0.6) is 11.5 Å². The fourth-order valence-corrected chi connectivity index (χ4v) is 5.64. The Morgan fingerprint density at radius 3 is 1.76 bits per heavy atom. The molecular formula is C17H20Cl2N2O6S2. The molecule has 0 fully saturated rings. The number of ether oxygens (including phenoxy) is 2. The molecule has 1 unspecified atom stereocenters. The second-order valence-corrected chi connectivity index (χ2v) is 10.3. The summed E-state index contributed by atoms with van der Waals surface area (Å²) in [5.41, 5.74) is 0. The van der Waals surface area contributed by atoms with Crippen LogP contribution in [-0.4, -0.2) is 43.6 Å². The lowest BCUT2D eigenvalue weighted by atomic mass is 10.3. The van der Waals surface area contributed by atoms with E-state index in [1.165, 1.54) is 57.5 Å². The maximum Gasteiger partial charge on any atom is 0.244 e. The molecule has 0 saturated heterocycles. The van der Waals surface area contributed by atoms with Crippen molar-refractivity contribution in [3.05, 3.63) is 46.4 Å². The Hall–Kier alpha value is -1.56. The van der Waals surface area contributed by atoms with Crippen molar-refractivity contribution in [1.29, 1.82) is 0 Å². The Labute approximate surface area is 180 Å². The molecule has 0 heterocycles. The molecule has 0 aromatic heterocycles. The van der Waals surface area contributed by atoms with E-state index in [0.717, 1.165) is 0 Å². The van der Waals surface area contributed by atoms with Crippen molar-refractivity contribution in [2.75, 3.05) is 20.8 Å². The third kappa shape index (κ3) is 5.97. The van der Waals surface area contributed by atoms with Crippen molar-refractivity contribution in [2.24, 2.45) is 0 Å². The number of halogens is 2. The molecule has 0 aliphatic rings. The molecule has 0 aliphatic heterocycles. The molecule has 0 radical (unpaired) electrons. The van der Waals surface area contributed by atoms with Gasteiger partial charge in [0.25, 0.3) is 0 Å². The van der Waals surface area contributed by atoms with E-state index in [4.69, 9.17) is 32.7 Å². The summed E-state index contributed by atoms with van der Waals surface area (Å²) in [5.74, 6) is 0.220. The van der Waals surface area contributed by atoms with Crippen LogP contribution in [0.4, 0.5) is 0 Å². The van der Waals surface area contributed by atoms with Gasteiger partial charge in [0.05, 0.1) is 14.2 Å². The molecule has 29 heavy (non-hydrogen) atoms. The quantitative estimate of drug-likeness (QED) is 0.568. The van der Waals surface area contributed by atoms with E-state index in [2.05, 4.69) is 9.44 Å². The molecule has 2 rings (SSSR count). The van der Waals surface area contributed by atoms with Gasteiger partial charge in [-0.25, -0.2) is 26.3 Å². The lowest BCUT2D eigenvalue weighted by Gasteiger charge is -2.17. The number of hydrogen-bond acceptors (Lipinski definition) is 6. The maximum atomic E-state index is 12.6. The Morgan fingerprint density at radius 1 is 0.862 bits per heavy atom. The molecule has 8 nitrogen and oxygen atoms in total. The first-order valence-electron chi connectivity index (χ1n) is 8.19. The van der Waals surface area contributed by atoms with Crippen molar-refractivity contribution in [3.8, 4) is 11.5 Å². The number of benzene rings is 2. The predicted octanol–water partition coefficient (Wildman–Crippen LogP) is 2.66. The number of nitrogens with one attached hydrogen (secondary N) is 2. The molecule has 0 saturated carbocycles. The standard InChI is InChI=1S/C17H20Cl2N2O6S2/c1-11(21-29(24,25)17-9-13(19)5-7-15(17)27-3)10-20-28(22,23)16-8-12(18)4-6-14(16)26-2/h4-9,11,20-21H,10H2,1-3H3. The maximum absolute atomic E-state index is 12.6. The van der Waals surface area contributed by atoms with Gasteiger partial charge in [0.15, 0.2) is 0 Å². The zero-order chi connectivity index (χ0) is 21.8. The second-order valence-electron chi connectivity index (χ2n) is 5.96. The van der Waals surface area contributed by atoms with Crippen molar-refractivity contribution < 1.29 is 26.3 Å². The first-order valence-corrected chi connectivity index (χ1v) is 11.9. The van der Waals surface area contributed by atoms with Gasteiger partial charge in [0.1, 0.15) is 21.3 Å². The second kappa shape index (κ2) is 9.50. The van der Waals surface area contributed by atoms with Gasteiger partial charge in [-0.2, -0.15) is 0 Å². The largest absolute Gasteiger partial charge is 0.495 e. The smallest absolute Gasteiger partial charge is 0.244 e. The van der Waals surface area contributed by atoms with Gasteiger partial charge in [-0.15, -0.1) is 0 Å². The summed E-state index contributed by atoms with van der Waals surface area (Å²) in [6.07, 6.45) is 0. The highest BCUT2D eigenvalue weighted by Gasteiger charge is 2.25. The van der Waals surface area contributed by atoms with Crippen LogP contribution in [-0.2, 0) is 20.0 Å². The third-order valence-corrected chi connectivity index (χ3v) is 7.29. The summed E-state index contributed by atoms with van der Waals surface area (Å²) in [5, 5.41) is 0.431. The minimum atomic E-state index is -4.02. The molecule has 160 valence electrons. The predicted molar refractivity (Wildman–Crippen MR) is 111 cm³/mol. The summed E-state index contributed by atoms with van der Waals surface area (Å²) >= 11 is 11.8. The van der Waals surface area contributed by atoms with Crippen LogP contribution in [0.3, 0.4) is 0 Å². The minimum absolute atomic E-state index is 0.110. The lowest BCUT2D eigenvalue weighted by molar-refractivity contribution is 0.401. The van der Waals surface area contributed by atoms with Gasteiger partial charge in [-0.3, -0.25) is 0 Å². The summed E-state index contributed by atoms with van der Waals surface area (Å²) < 4.78 is 65.3.